The highest BCUT2D eigenvalue weighted by Crippen LogP contribution is 2.20. The fourth-order valence-electron chi connectivity index (χ4n) is 3.79. The molecule has 6 heteroatoms. The summed E-state index contributed by atoms with van der Waals surface area (Å²) in [5, 5.41) is 0. The van der Waals surface area contributed by atoms with Crippen LogP contribution in [0.1, 0.15) is 40.5 Å². The van der Waals surface area contributed by atoms with Gasteiger partial charge in [-0.25, -0.2) is 0 Å². The van der Waals surface area contributed by atoms with Gasteiger partial charge in [0.05, 0.1) is 19.3 Å². The lowest BCUT2D eigenvalue weighted by Gasteiger charge is -2.39. The fraction of sp³-hybridized carbons (Fsp3) is 0.950. The average molecular weight is 370 g/mol. The number of likely N-dealkylation sites (tertiary alicyclic amines) is 1. The number of nitrogens with zero attached hydrogens (tertiary/aromatic N) is 3. The maximum absolute atomic E-state index is 12.2. The van der Waals surface area contributed by atoms with Crippen LogP contribution >= 0.6 is 0 Å². The molecule has 0 spiro atoms. The van der Waals surface area contributed by atoms with Gasteiger partial charge in [0, 0.05) is 38.8 Å². The van der Waals surface area contributed by atoms with Crippen molar-refractivity contribution in [2.75, 3.05) is 65.6 Å². The van der Waals surface area contributed by atoms with Crippen molar-refractivity contribution in [3.63, 3.8) is 0 Å². The number of piperidine rings is 1. The van der Waals surface area contributed by atoms with Crippen LogP contribution in [0.5, 0.6) is 0 Å². The molecule has 6 nitrogen and oxygen atoms in total. The van der Waals surface area contributed by atoms with Gasteiger partial charge in [0.2, 0.25) is 5.91 Å². The Morgan fingerprint density at radius 2 is 1.62 bits per heavy atom. The van der Waals surface area contributed by atoms with Crippen molar-refractivity contribution >= 4 is 5.91 Å². The van der Waals surface area contributed by atoms with Crippen LogP contribution in [0.4, 0.5) is 0 Å². The van der Waals surface area contributed by atoms with Crippen molar-refractivity contribution in [1.82, 2.24) is 14.7 Å². The van der Waals surface area contributed by atoms with Gasteiger partial charge in [-0.2, -0.15) is 0 Å². The molecule has 26 heavy (non-hydrogen) atoms. The molecule has 0 saturated carbocycles. The zero-order chi connectivity index (χ0) is 18.9. The monoisotopic (exact) mass is 369 g/mol. The maximum atomic E-state index is 12.2. The van der Waals surface area contributed by atoms with Crippen molar-refractivity contribution in [2.45, 2.75) is 52.7 Å². The van der Waals surface area contributed by atoms with Crippen LogP contribution in [0.25, 0.3) is 0 Å². The molecule has 0 aromatic carbocycles. The summed E-state index contributed by atoms with van der Waals surface area (Å²) in [7, 11) is 0. The number of piperazine rings is 1. The Balaban J connectivity index is 1.56. The molecule has 0 aliphatic carbocycles. The third-order valence-electron chi connectivity index (χ3n) is 5.53. The van der Waals surface area contributed by atoms with E-state index < -0.39 is 0 Å². The predicted molar refractivity (Wildman–Crippen MR) is 104 cm³/mol. The van der Waals surface area contributed by atoms with Crippen molar-refractivity contribution in [2.24, 2.45) is 5.92 Å². The van der Waals surface area contributed by atoms with Crippen LogP contribution in [0.15, 0.2) is 0 Å². The lowest BCUT2D eigenvalue weighted by atomic mass is 9.95. The third-order valence-corrected chi connectivity index (χ3v) is 5.53. The molecule has 0 radical (unpaired) electrons. The molecule has 0 unspecified atom stereocenters. The smallest absolute Gasteiger partial charge is 0.248 e. The molecule has 2 fully saturated rings. The summed E-state index contributed by atoms with van der Waals surface area (Å²) < 4.78 is 10.9. The quantitative estimate of drug-likeness (QED) is 0.579. The highest BCUT2D eigenvalue weighted by atomic mass is 16.5. The molecular formula is C20H39N3O3. The molecule has 2 aliphatic rings. The Hall–Kier alpha value is -0.690. The van der Waals surface area contributed by atoms with Crippen LogP contribution in [0, 0.1) is 5.92 Å². The van der Waals surface area contributed by atoms with E-state index in [9.17, 15) is 4.79 Å². The summed E-state index contributed by atoms with van der Waals surface area (Å²) >= 11 is 0. The largest absolute Gasteiger partial charge is 0.376 e. The van der Waals surface area contributed by atoms with Gasteiger partial charge >= 0.3 is 0 Å². The fourth-order valence-corrected chi connectivity index (χ4v) is 3.79. The highest BCUT2D eigenvalue weighted by Gasteiger charge is 2.26. The Kier molecular flexibility index (Phi) is 9.33. The second-order valence-electron chi connectivity index (χ2n) is 8.23. The maximum Gasteiger partial charge on any atom is 0.248 e. The minimum atomic E-state index is 0.111. The summed E-state index contributed by atoms with van der Waals surface area (Å²) in [5.74, 6) is 0.927. The van der Waals surface area contributed by atoms with E-state index in [2.05, 4.69) is 23.6 Å². The van der Waals surface area contributed by atoms with E-state index >= 15 is 0 Å². The SMILES string of the molecule is CC(C)OCCOCC(=O)N1CCN(CC2CCN(C(C)C)CC2)CC1. The number of rotatable bonds is 9. The number of hydrogen-bond acceptors (Lipinski definition) is 5. The molecule has 152 valence electrons. The molecule has 2 heterocycles. The molecular weight excluding hydrogens is 330 g/mol. The number of carbonyl (C=O) groups excluding carboxylic acids is 1. The van der Waals surface area contributed by atoms with E-state index in [0.717, 1.165) is 32.1 Å². The molecule has 1 amide bonds. The summed E-state index contributed by atoms with van der Waals surface area (Å²) in [4.78, 5) is 19.3. The molecule has 0 bridgehead atoms. The van der Waals surface area contributed by atoms with E-state index in [1.807, 2.05) is 18.7 Å². The third kappa shape index (κ3) is 7.51. The van der Waals surface area contributed by atoms with Crippen molar-refractivity contribution in [3.8, 4) is 0 Å². The van der Waals surface area contributed by atoms with E-state index in [1.54, 1.807) is 0 Å². The van der Waals surface area contributed by atoms with Crippen LogP contribution in [-0.4, -0.2) is 98.4 Å². The molecule has 2 saturated heterocycles. The lowest BCUT2D eigenvalue weighted by Crippen LogP contribution is -2.51. The number of carbonyl (C=O) groups is 1. The molecule has 2 aliphatic heterocycles. The first kappa shape index (κ1) is 21.6. The number of hydrogen-bond donors (Lipinski definition) is 0. The molecule has 0 aromatic rings. The van der Waals surface area contributed by atoms with Crippen LogP contribution in [0.3, 0.4) is 0 Å². The normalized spacial score (nSPS) is 21.1. The van der Waals surface area contributed by atoms with E-state index in [1.165, 1.54) is 32.5 Å². The van der Waals surface area contributed by atoms with Crippen molar-refractivity contribution in [1.29, 1.82) is 0 Å². The summed E-state index contributed by atoms with van der Waals surface area (Å²) in [6.45, 7) is 17.1. The van der Waals surface area contributed by atoms with Crippen molar-refractivity contribution in [3.05, 3.63) is 0 Å². The van der Waals surface area contributed by atoms with Gasteiger partial charge in [0.25, 0.3) is 0 Å². The molecule has 0 atom stereocenters. The number of amides is 1. The Morgan fingerprint density at radius 1 is 0.962 bits per heavy atom. The predicted octanol–water partition coefficient (Wildman–Crippen LogP) is 1.69. The molecule has 2 rings (SSSR count). The zero-order valence-electron chi connectivity index (χ0n) is 17.3. The van der Waals surface area contributed by atoms with Crippen molar-refractivity contribution < 1.29 is 14.3 Å². The molecule has 0 N–H and O–H groups in total. The Morgan fingerprint density at radius 3 is 2.19 bits per heavy atom. The standard InChI is InChI=1S/C20H39N3O3/c1-17(2)22-7-5-19(6-8-22)15-21-9-11-23(12-10-21)20(24)16-25-13-14-26-18(3)4/h17-19H,5-16H2,1-4H3. The summed E-state index contributed by atoms with van der Waals surface area (Å²) in [6, 6.07) is 0.671. The topological polar surface area (TPSA) is 45.3 Å². The Bertz CT molecular complexity index is 401. The van der Waals surface area contributed by atoms with Crippen LogP contribution in [-0.2, 0) is 14.3 Å². The summed E-state index contributed by atoms with van der Waals surface area (Å²) in [5.41, 5.74) is 0. The Labute approximate surface area is 159 Å². The van der Waals surface area contributed by atoms with Gasteiger partial charge in [0.1, 0.15) is 6.61 Å². The van der Waals surface area contributed by atoms with Gasteiger partial charge in [-0.1, -0.05) is 0 Å². The highest BCUT2D eigenvalue weighted by molar-refractivity contribution is 5.77. The van der Waals surface area contributed by atoms with Gasteiger partial charge < -0.3 is 19.3 Å². The minimum Gasteiger partial charge on any atom is -0.376 e. The van der Waals surface area contributed by atoms with E-state index in [-0.39, 0.29) is 18.6 Å². The second kappa shape index (κ2) is 11.2. The first-order valence-electron chi connectivity index (χ1n) is 10.4. The van der Waals surface area contributed by atoms with E-state index in [0.29, 0.717) is 19.3 Å². The average Bonchev–Trinajstić information content (AvgIpc) is 2.62. The lowest BCUT2D eigenvalue weighted by molar-refractivity contribution is -0.138. The van der Waals surface area contributed by atoms with Gasteiger partial charge in [0.15, 0.2) is 0 Å². The minimum absolute atomic E-state index is 0.111. The molecule has 0 aromatic heterocycles. The van der Waals surface area contributed by atoms with Gasteiger partial charge in [-0.15, -0.1) is 0 Å². The summed E-state index contributed by atoms with van der Waals surface area (Å²) in [6.07, 6.45) is 2.83. The van der Waals surface area contributed by atoms with Crippen LogP contribution < -0.4 is 0 Å². The van der Waals surface area contributed by atoms with Crippen LogP contribution in [0.2, 0.25) is 0 Å². The van der Waals surface area contributed by atoms with Gasteiger partial charge in [-0.05, 0) is 59.5 Å². The van der Waals surface area contributed by atoms with E-state index in [4.69, 9.17) is 9.47 Å². The zero-order valence-corrected chi connectivity index (χ0v) is 17.3. The number of ether oxygens (including phenoxy) is 2. The first-order chi connectivity index (χ1) is 12.5. The second-order valence-corrected chi connectivity index (χ2v) is 8.23. The first-order valence-corrected chi connectivity index (χ1v) is 10.4. The van der Waals surface area contributed by atoms with Gasteiger partial charge in [-0.3, -0.25) is 9.69 Å².